The summed E-state index contributed by atoms with van der Waals surface area (Å²) in [7, 11) is 1.74. The quantitative estimate of drug-likeness (QED) is 0.381. The van der Waals surface area contributed by atoms with Gasteiger partial charge < -0.3 is 20.0 Å². The number of nitrogens with one attached hydrogen (secondary N) is 2. The minimum atomic E-state index is -0.391. The summed E-state index contributed by atoms with van der Waals surface area (Å²) >= 11 is 1.49. The first-order valence-electron chi connectivity index (χ1n) is 10.9. The highest BCUT2D eigenvalue weighted by atomic mass is 32.2. The van der Waals surface area contributed by atoms with Crippen LogP contribution in [-0.4, -0.2) is 24.8 Å². The fourth-order valence-corrected chi connectivity index (χ4v) is 4.93. The third-order valence-electron chi connectivity index (χ3n) is 5.71. The van der Waals surface area contributed by atoms with E-state index in [2.05, 4.69) is 10.6 Å². The highest BCUT2D eigenvalue weighted by Gasteiger charge is 2.25. The molecular formula is C27H21N3O4S. The van der Waals surface area contributed by atoms with Crippen LogP contribution < -0.4 is 15.5 Å². The van der Waals surface area contributed by atoms with E-state index in [0.717, 1.165) is 21.0 Å². The maximum absolute atomic E-state index is 13.0. The molecule has 174 valence electrons. The zero-order valence-corrected chi connectivity index (χ0v) is 19.8. The summed E-state index contributed by atoms with van der Waals surface area (Å²) in [5.74, 6) is -0.599. The lowest BCUT2D eigenvalue weighted by Crippen LogP contribution is -2.26. The molecule has 3 amide bonds. The third kappa shape index (κ3) is 4.43. The number of hydrogen-bond acceptors (Lipinski definition) is 5. The van der Waals surface area contributed by atoms with Crippen LogP contribution in [0.2, 0.25) is 0 Å². The number of nitrogens with zero attached hydrogens (tertiary/aromatic N) is 1. The van der Waals surface area contributed by atoms with Crippen molar-refractivity contribution in [1.29, 1.82) is 0 Å². The first-order valence-corrected chi connectivity index (χ1v) is 11.7. The van der Waals surface area contributed by atoms with E-state index in [4.69, 9.17) is 4.42 Å². The molecule has 0 radical (unpaired) electrons. The molecule has 7 nitrogen and oxygen atoms in total. The van der Waals surface area contributed by atoms with Gasteiger partial charge in [-0.3, -0.25) is 14.4 Å². The number of amides is 3. The van der Waals surface area contributed by atoms with Gasteiger partial charge in [0, 0.05) is 33.8 Å². The van der Waals surface area contributed by atoms with Crippen molar-refractivity contribution in [3.05, 3.63) is 102 Å². The standard InChI is InChI=1S/C27H21N3O4S/c1-16-9-10-17(14-20(16)29-26(32)22-7-5-13-34-22)25(31)28-18-11-12-21-24(15-18)35-23-8-4-3-6-19(23)27(33)30(21)2/h3-15H,1-2H3,(H,28,31)(H,29,32). The van der Waals surface area contributed by atoms with E-state index in [1.54, 1.807) is 48.3 Å². The zero-order valence-electron chi connectivity index (χ0n) is 19.0. The van der Waals surface area contributed by atoms with Crippen molar-refractivity contribution in [1.82, 2.24) is 0 Å². The van der Waals surface area contributed by atoms with Gasteiger partial charge in [-0.05, 0) is 67.1 Å². The Balaban J connectivity index is 1.38. The van der Waals surface area contributed by atoms with Gasteiger partial charge in [0.15, 0.2) is 5.76 Å². The van der Waals surface area contributed by atoms with E-state index in [0.29, 0.717) is 22.5 Å². The SMILES string of the molecule is Cc1ccc(C(=O)Nc2ccc3c(c2)Sc2ccccc2C(=O)N3C)cc1NC(=O)c1ccco1. The molecule has 5 rings (SSSR count). The molecule has 0 spiro atoms. The Kier molecular flexibility index (Phi) is 5.88. The van der Waals surface area contributed by atoms with Crippen LogP contribution in [0.25, 0.3) is 0 Å². The molecule has 1 aromatic heterocycles. The molecule has 0 saturated heterocycles. The minimum Gasteiger partial charge on any atom is -0.459 e. The topological polar surface area (TPSA) is 91.7 Å². The Hall–Kier alpha value is -4.30. The maximum Gasteiger partial charge on any atom is 0.291 e. The Morgan fingerprint density at radius 1 is 0.886 bits per heavy atom. The van der Waals surface area contributed by atoms with Gasteiger partial charge >= 0.3 is 0 Å². The molecule has 2 N–H and O–H groups in total. The van der Waals surface area contributed by atoms with Gasteiger partial charge in [-0.2, -0.15) is 0 Å². The molecule has 4 aromatic rings. The lowest BCUT2D eigenvalue weighted by Gasteiger charge is -2.18. The van der Waals surface area contributed by atoms with Gasteiger partial charge in [-0.1, -0.05) is 30.0 Å². The summed E-state index contributed by atoms with van der Waals surface area (Å²) in [5, 5.41) is 5.70. The number of benzene rings is 3. The highest BCUT2D eigenvalue weighted by Crippen LogP contribution is 2.42. The Bertz CT molecular complexity index is 1460. The summed E-state index contributed by atoms with van der Waals surface area (Å²) in [6.07, 6.45) is 1.43. The average Bonchev–Trinajstić information content (AvgIpc) is 3.37. The average molecular weight is 484 g/mol. The van der Waals surface area contributed by atoms with Gasteiger partial charge in [-0.25, -0.2) is 0 Å². The van der Waals surface area contributed by atoms with Crippen molar-refractivity contribution in [2.45, 2.75) is 16.7 Å². The summed E-state index contributed by atoms with van der Waals surface area (Å²) < 4.78 is 5.14. The van der Waals surface area contributed by atoms with Gasteiger partial charge in [-0.15, -0.1) is 0 Å². The van der Waals surface area contributed by atoms with E-state index in [9.17, 15) is 14.4 Å². The normalized spacial score (nSPS) is 12.4. The first-order chi connectivity index (χ1) is 16.9. The van der Waals surface area contributed by atoms with E-state index >= 15 is 0 Å². The molecule has 2 heterocycles. The number of rotatable bonds is 4. The summed E-state index contributed by atoms with van der Waals surface area (Å²) in [6.45, 7) is 1.85. The molecule has 35 heavy (non-hydrogen) atoms. The van der Waals surface area contributed by atoms with Crippen LogP contribution in [0, 0.1) is 6.92 Å². The van der Waals surface area contributed by atoms with Crippen LogP contribution in [0.4, 0.5) is 17.1 Å². The fraction of sp³-hybridized carbons (Fsp3) is 0.0741. The Labute approximate surface area is 206 Å². The second kappa shape index (κ2) is 9.15. The molecule has 8 heteroatoms. The fourth-order valence-electron chi connectivity index (χ4n) is 3.78. The smallest absolute Gasteiger partial charge is 0.291 e. The number of furan rings is 1. The Morgan fingerprint density at radius 2 is 1.71 bits per heavy atom. The number of aryl methyl sites for hydroxylation is 1. The summed E-state index contributed by atoms with van der Waals surface area (Å²) in [6, 6.07) is 21.2. The van der Waals surface area contributed by atoms with Crippen molar-refractivity contribution in [2.75, 3.05) is 22.6 Å². The number of anilines is 3. The third-order valence-corrected chi connectivity index (χ3v) is 6.84. The molecule has 0 atom stereocenters. The van der Waals surface area contributed by atoms with Crippen LogP contribution in [-0.2, 0) is 0 Å². The van der Waals surface area contributed by atoms with Gasteiger partial charge in [0.2, 0.25) is 0 Å². The molecule has 1 aliphatic rings. The van der Waals surface area contributed by atoms with Crippen LogP contribution in [0.1, 0.15) is 36.8 Å². The van der Waals surface area contributed by atoms with Crippen LogP contribution in [0.5, 0.6) is 0 Å². The maximum atomic E-state index is 13.0. The largest absolute Gasteiger partial charge is 0.459 e. The zero-order chi connectivity index (χ0) is 24.5. The number of fused-ring (bicyclic) bond motifs is 2. The molecule has 0 saturated carbocycles. The van der Waals surface area contributed by atoms with Gasteiger partial charge in [0.05, 0.1) is 17.5 Å². The monoisotopic (exact) mass is 483 g/mol. The lowest BCUT2D eigenvalue weighted by atomic mass is 10.1. The van der Waals surface area contributed by atoms with Crippen molar-refractivity contribution in [3.63, 3.8) is 0 Å². The van der Waals surface area contributed by atoms with Crippen LogP contribution in [0.3, 0.4) is 0 Å². The second-order valence-electron chi connectivity index (χ2n) is 8.06. The predicted octanol–water partition coefficient (Wildman–Crippen LogP) is 5.83. The molecule has 0 unspecified atom stereocenters. The van der Waals surface area contributed by atoms with E-state index in [1.165, 1.54) is 18.0 Å². The van der Waals surface area contributed by atoms with Gasteiger partial charge in [0.25, 0.3) is 17.7 Å². The lowest BCUT2D eigenvalue weighted by molar-refractivity contribution is 0.0985. The summed E-state index contributed by atoms with van der Waals surface area (Å²) in [4.78, 5) is 41.6. The molecule has 3 aromatic carbocycles. The van der Waals surface area contributed by atoms with Gasteiger partial charge in [0.1, 0.15) is 0 Å². The van der Waals surface area contributed by atoms with E-state index < -0.39 is 5.91 Å². The van der Waals surface area contributed by atoms with Crippen LogP contribution in [0.15, 0.2) is 93.3 Å². The van der Waals surface area contributed by atoms with Crippen molar-refractivity contribution >= 4 is 46.5 Å². The summed E-state index contributed by atoms with van der Waals surface area (Å²) in [5.41, 5.74) is 3.74. The van der Waals surface area contributed by atoms with Crippen molar-refractivity contribution < 1.29 is 18.8 Å². The molecular weight excluding hydrogens is 462 g/mol. The number of carbonyl (C=O) groups is 3. The Morgan fingerprint density at radius 3 is 2.51 bits per heavy atom. The number of hydrogen-bond donors (Lipinski definition) is 2. The van der Waals surface area contributed by atoms with Crippen molar-refractivity contribution in [3.8, 4) is 0 Å². The van der Waals surface area contributed by atoms with Crippen molar-refractivity contribution in [2.24, 2.45) is 0 Å². The predicted molar refractivity (Wildman–Crippen MR) is 136 cm³/mol. The minimum absolute atomic E-state index is 0.0765. The molecule has 0 bridgehead atoms. The van der Waals surface area contributed by atoms with E-state index in [1.807, 2.05) is 43.3 Å². The first kappa shape index (κ1) is 22.5. The molecule has 0 aliphatic carbocycles. The van der Waals surface area contributed by atoms with Crippen LogP contribution >= 0.6 is 11.8 Å². The second-order valence-corrected chi connectivity index (χ2v) is 9.14. The number of carbonyl (C=O) groups excluding carboxylic acids is 3. The molecule has 1 aliphatic heterocycles. The highest BCUT2D eigenvalue weighted by molar-refractivity contribution is 7.99. The van der Waals surface area contributed by atoms with E-state index in [-0.39, 0.29) is 17.6 Å². The molecule has 0 fully saturated rings.